The lowest BCUT2D eigenvalue weighted by molar-refractivity contribution is 0.101. The minimum Gasteiger partial charge on any atom is -0.437 e. The van der Waals surface area contributed by atoms with E-state index >= 15 is 0 Å². The van der Waals surface area contributed by atoms with Crippen molar-refractivity contribution in [3.05, 3.63) is 47.9 Å². The van der Waals surface area contributed by atoms with Crippen LogP contribution in [0.5, 0.6) is 11.6 Å². The Bertz CT molecular complexity index is 518. The highest BCUT2D eigenvalue weighted by Crippen LogP contribution is 2.18. The molecule has 0 radical (unpaired) electrons. The van der Waals surface area contributed by atoms with E-state index in [0.717, 1.165) is 5.69 Å². The van der Waals surface area contributed by atoms with Gasteiger partial charge in [-0.25, -0.2) is 4.98 Å². The zero-order chi connectivity index (χ0) is 12.3. The van der Waals surface area contributed by atoms with E-state index in [1.165, 1.54) is 13.1 Å². The zero-order valence-corrected chi connectivity index (χ0v) is 9.68. The fourth-order valence-corrected chi connectivity index (χ4v) is 1.28. The van der Waals surface area contributed by atoms with E-state index in [9.17, 15) is 4.79 Å². The van der Waals surface area contributed by atoms with Crippen LogP contribution in [0.15, 0.2) is 36.7 Å². The van der Waals surface area contributed by atoms with Crippen LogP contribution in [-0.4, -0.2) is 15.8 Å². The Labute approximate surface area is 99.3 Å². The second-order valence-electron chi connectivity index (χ2n) is 3.68. The summed E-state index contributed by atoms with van der Waals surface area (Å²) in [6.45, 7) is 3.41. The Hall–Kier alpha value is -2.23. The van der Waals surface area contributed by atoms with Gasteiger partial charge in [0.15, 0.2) is 5.78 Å². The van der Waals surface area contributed by atoms with Crippen LogP contribution in [0.25, 0.3) is 0 Å². The molecular formula is C13H12N2O2. The summed E-state index contributed by atoms with van der Waals surface area (Å²) in [6.07, 6.45) is 3.13. The molecule has 0 amide bonds. The number of carbonyl (C=O) groups is 1. The van der Waals surface area contributed by atoms with Crippen molar-refractivity contribution in [1.82, 2.24) is 9.97 Å². The maximum atomic E-state index is 11.1. The van der Waals surface area contributed by atoms with Crippen molar-refractivity contribution >= 4 is 5.78 Å². The molecule has 17 heavy (non-hydrogen) atoms. The Balaban J connectivity index is 2.13. The molecule has 4 heteroatoms. The number of aryl methyl sites for hydroxylation is 1. The number of hydrogen-bond acceptors (Lipinski definition) is 4. The fraction of sp³-hybridized carbons (Fsp3) is 0.154. The number of nitrogens with zero attached hydrogens (tertiary/aromatic N) is 2. The summed E-state index contributed by atoms with van der Waals surface area (Å²) in [5.74, 6) is 1.06. The molecule has 0 atom stereocenters. The minimum absolute atomic E-state index is 0.0129. The van der Waals surface area contributed by atoms with Gasteiger partial charge in [0.25, 0.3) is 0 Å². The highest BCUT2D eigenvalue weighted by Gasteiger charge is 2.02. The van der Waals surface area contributed by atoms with Crippen LogP contribution < -0.4 is 4.74 Å². The molecule has 0 aliphatic rings. The molecule has 4 nitrogen and oxygen atoms in total. The topological polar surface area (TPSA) is 52.1 Å². The number of pyridine rings is 2. The van der Waals surface area contributed by atoms with E-state index in [-0.39, 0.29) is 5.78 Å². The lowest BCUT2D eigenvalue weighted by Gasteiger charge is -2.04. The van der Waals surface area contributed by atoms with Crippen LogP contribution in [-0.2, 0) is 0 Å². The SMILES string of the molecule is CC(=O)c1ccc(Oc2ccc(C)nc2)nc1. The molecule has 2 rings (SSSR count). The molecule has 2 aromatic rings. The number of aromatic nitrogens is 2. The first kappa shape index (κ1) is 11.3. The van der Waals surface area contributed by atoms with Crippen LogP contribution in [0.2, 0.25) is 0 Å². The van der Waals surface area contributed by atoms with Crippen molar-refractivity contribution in [2.45, 2.75) is 13.8 Å². The molecule has 86 valence electrons. The standard InChI is InChI=1S/C13H12N2O2/c1-9-3-5-12(8-14-9)17-13-6-4-11(7-15-13)10(2)16/h3-8H,1-2H3. The summed E-state index contributed by atoms with van der Waals surface area (Å²) in [6, 6.07) is 7.03. The molecule has 0 spiro atoms. The first-order valence-electron chi connectivity index (χ1n) is 5.22. The number of Topliss-reactive ketones (excluding diaryl/α,β-unsaturated/α-hetero) is 1. The van der Waals surface area contributed by atoms with Gasteiger partial charge < -0.3 is 4.74 Å². The molecule has 0 unspecified atom stereocenters. The van der Waals surface area contributed by atoms with Gasteiger partial charge in [-0.1, -0.05) is 0 Å². The van der Waals surface area contributed by atoms with Gasteiger partial charge in [0, 0.05) is 23.5 Å². The summed E-state index contributed by atoms with van der Waals surface area (Å²) in [5, 5.41) is 0. The Morgan fingerprint density at radius 1 is 1.12 bits per heavy atom. The molecule has 0 fully saturated rings. The van der Waals surface area contributed by atoms with Crippen LogP contribution in [0.4, 0.5) is 0 Å². The average Bonchev–Trinajstić information content (AvgIpc) is 2.33. The van der Waals surface area contributed by atoms with Crippen molar-refractivity contribution in [3.63, 3.8) is 0 Å². The predicted octanol–water partition coefficient (Wildman–Crippen LogP) is 2.78. The predicted molar refractivity (Wildman–Crippen MR) is 63.3 cm³/mol. The van der Waals surface area contributed by atoms with Gasteiger partial charge in [-0.05, 0) is 32.0 Å². The van der Waals surface area contributed by atoms with Crippen LogP contribution >= 0.6 is 0 Å². The second-order valence-corrected chi connectivity index (χ2v) is 3.68. The number of hydrogen-bond donors (Lipinski definition) is 0. The first-order valence-corrected chi connectivity index (χ1v) is 5.22. The summed E-state index contributed by atoms with van der Waals surface area (Å²) < 4.78 is 5.48. The summed E-state index contributed by atoms with van der Waals surface area (Å²) in [4.78, 5) is 19.2. The van der Waals surface area contributed by atoms with E-state index < -0.39 is 0 Å². The number of rotatable bonds is 3. The van der Waals surface area contributed by atoms with Gasteiger partial charge in [-0.2, -0.15) is 0 Å². The van der Waals surface area contributed by atoms with Crippen molar-refractivity contribution < 1.29 is 9.53 Å². The molecule has 0 N–H and O–H groups in total. The smallest absolute Gasteiger partial charge is 0.219 e. The molecular weight excluding hydrogens is 216 g/mol. The average molecular weight is 228 g/mol. The van der Waals surface area contributed by atoms with Crippen molar-refractivity contribution in [2.24, 2.45) is 0 Å². The van der Waals surface area contributed by atoms with Gasteiger partial charge in [0.2, 0.25) is 5.88 Å². The van der Waals surface area contributed by atoms with E-state index in [1.807, 2.05) is 19.1 Å². The summed E-state index contributed by atoms with van der Waals surface area (Å²) in [7, 11) is 0. The minimum atomic E-state index is -0.0129. The fourth-order valence-electron chi connectivity index (χ4n) is 1.28. The van der Waals surface area contributed by atoms with Gasteiger partial charge in [-0.15, -0.1) is 0 Å². The number of carbonyl (C=O) groups excluding carboxylic acids is 1. The third kappa shape index (κ3) is 2.87. The third-order valence-corrected chi connectivity index (χ3v) is 2.25. The van der Waals surface area contributed by atoms with Crippen molar-refractivity contribution in [1.29, 1.82) is 0 Å². The van der Waals surface area contributed by atoms with E-state index in [2.05, 4.69) is 9.97 Å². The molecule has 0 aliphatic heterocycles. The van der Waals surface area contributed by atoms with Gasteiger partial charge in [-0.3, -0.25) is 9.78 Å². The molecule has 0 saturated heterocycles. The quantitative estimate of drug-likeness (QED) is 0.758. The lowest BCUT2D eigenvalue weighted by atomic mass is 10.2. The number of ether oxygens (including phenoxy) is 1. The molecule has 2 heterocycles. The lowest BCUT2D eigenvalue weighted by Crippen LogP contribution is -1.94. The Kier molecular flexibility index (Phi) is 3.14. The van der Waals surface area contributed by atoms with Crippen molar-refractivity contribution in [2.75, 3.05) is 0 Å². The van der Waals surface area contributed by atoms with Gasteiger partial charge >= 0.3 is 0 Å². The van der Waals surface area contributed by atoms with Gasteiger partial charge in [0.1, 0.15) is 5.75 Å². The highest BCUT2D eigenvalue weighted by atomic mass is 16.5. The molecule has 2 aromatic heterocycles. The summed E-state index contributed by atoms with van der Waals surface area (Å²) in [5.41, 5.74) is 1.50. The van der Waals surface area contributed by atoms with Crippen LogP contribution in [0, 0.1) is 6.92 Å². The van der Waals surface area contributed by atoms with E-state index in [4.69, 9.17) is 4.74 Å². The zero-order valence-electron chi connectivity index (χ0n) is 9.68. The van der Waals surface area contributed by atoms with Gasteiger partial charge in [0.05, 0.1) is 6.20 Å². The van der Waals surface area contributed by atoms with Crippen LogP contribution in [0.1, 0.15) is 23.0 Å². The first-order chi connectivity index (χ1) is 8.15. The second kappa shape index (κ2) is 4.74. The largest absolute Gasteiger partial charge is 0.437 e. The third-order valence-electron chi connectivity index (χ3n) is 2.25. The number of ketones is 1. The highest BCUT2D eigenvalue weighted by molar-refractivity contribution is 5.93. The Morgan fingerprint density at radius 3 is 2.47 bits per heavy atom. The monoisotopic (exact) mass is 228 g/mol. The molecule has 0 aromatic carbocycles. The van der Waals surface area contributed by atoms with E-state index in [1.54, 1.807) is 18.3 Å². The molecule has 0 aliphatic carbocycles. The maximum Gasteiger partial charge on any atom is 0.219 e. The molecule has 0 saturated carbocycles. The van der Waals surface area contributed by atoms with Crippen molar-refractivity contribution in [3.8, 4) is 11.6 Å². The Morgan fingerprint density at radius 2 is 1.94 bits per heavy atom. The molecule has 0 bridgehead atoms. The summed E-state index contributed by atoms with van der Waals surface area (Å²) >= 11 is 0. The van der Waals surface area contributed by atoms with Crippen LogP contribution in [0.3, 0.4) is 0 Å². The normalized spacial score (nSPS) is 10.0. The van der Waals surface area contributed by atoms with E-state index in [0.29, 0.717) is 17.2 Å². The maximum absolute atomic E-state index is 11.1.